The van der Waals surface area contributed by atoms with Crippen molar-refractivity contribution in [1.29, 1.82) is 0 Å². The van der Waals surface area contributed by atoms with E-state index in [4.69, 9.17) is 5.73 Å². The van der Waals surface area contributed by atoms with Crippen LogP contribution < -0.4 is 5.73 Å². The van der Waals surface area contributed by atoms with E-state index in [1.807, 2.05) is 0 Å². The number of nitrogens with zero attached hydrogens (tertiary/aromatic N) is 1. The van der Waals surface area contributed by atoms with E-state index in [0.717, 1.165) is 19.3 Å². The quantitative estimate of drug-likeness (QED) is 0.850. The number of carbonyl (C=O) groups is 1. The van der Waals surface area contributed by atoms with Crippen LogP contribution in [0.25, 0.3) is 0 Å². The molecule has 1 atom stereocenters. The summed E-state index contributed by atoms with van der Waals surface area (Å²) in [5, 5.41) is 0. The van der Waals surface area contributed by atoms with Gasteiger partial charge in [0.1, 0.15) is 13.2 Å². The molecule has 2 N–H and O–H groups in total. The van der Waals surface area contributed by atoms with Gasteiger partial charge in [-0.05, 0) is 19.3 Å². The predicted octanol–water partition coefficient (Wildman–Crippen LogP) is 1.33. The molecule has 1 aliphatic rings. The molecule has 0 aromatic rings. The van der Waals surface area contributed by atoms with Crippen LogP contribution in [-0.2, 0) is 9.53 Å². The van der Waals surface area contributed by atoms with Crippen LogP contribution in [0.15, 0.2) is 0 Å². The van der Waals surface area contributed by atoms with Gasteiger partial charge in [-0.3, -0.25) is 4.79 Å². The first-order valence-electron chi connectivity index (χ1n) is 5.58. The summed E-state index contributed by atoms with van der Waals surface area (Å²) in [5.74, 6) is -0.413. The second kappa shape index (κ2) is 7.81. The zero-order chi connectivity index (χ0) is 12.9. The molecule has 0 saturated carbocycles. The third-order valence-corrected chi connectivity index (χ3v) is 2.71. The SMILES string of the molecule is Cl.NCC1CCCCN1C(=O)COCC(F)(F)F. The molecule has 1 amide bonds. The molecule has 0 spiro atoms. The second-order valence-corrected chi connectivity index (χ2v) is 4.08. The molecule has 8 heteroatoms. The van der Waals surface area contributed by atoms with Crippen molar-refractivity contribution < 1.29 is 22.7 Å². The Labute approximate surface area is 110 Å². The molecule has 0 bridgehead atoms. The Morgan fingerprint density at radius 2 is 2.06 bits per heavy atom. The minimum absolute atomic E-state index is 0. The smallest absolute Gasteiger partial charge is 0.362 e. The molecule has 1 heterocycles. The zero-order valence-corrected chi connectivity index (χ0v) is 10.7. The third kappa shape index (κ3) is 5.88. The predicted molar refractivity (Wildman–Crippen MR) is 62.5 cm³/mol. The molecule has 4 nitrogen and oxygen atoms in total. The molecular formula is C10H18ClF3N2O2. The molecular weight excluding hydrogens is 273 g/mol. The number of nitrogens with two attached hydrogens (primary N) is 1. The highest BCUT2D eigenvalue weighted by Gasteiger charge is 2.29. The van der Waals surface area contributed by atoms with Gasteiger partial charge in [-0.25, -0.2) is 0 Å². The number of likely N-dealkylation sites (tertiary alicyclic amines) is 1. The highest BCUT2D eigenvalue weighted by molar-refractivity contribution is 5.85. The van der Waals surface area contributed by atoms with E-state index in [2.05, 4.69) is 4.74 Å². The second-order valence-electron chi connectivity index (χ2n) is 4.08. The van der Waals surface area contributed by atoms with Gasteiger partial charge in [0.05, 0.1) is 0 Å². The third-order valence-electron chi connectivity index (χ3n) is 2.71. The number of alkyl halides is 3. The summed E-state index contributed by atoms with van der Waals surface area (Å²) in [6.45, 7) is -1.03. The lowest BCUT2D eigenvalue weighted by atomic mass is 10.0. The molecule has 0 radical (unpaired) electrons. The maximum absolute atomic E-state index is 11.8. The van der Waals surface area contributed by atoms with Crippen molar-refractivity contribution in [3.8, 4) is 0 Å². The summed E-state index contributed by atoms with van der Waals surface area (Å²) >= 11 is 0. The van der Waals surface area contributed by atoms with E-state index in [0.29, 0.717) is 13.1 Å². The lowest BCUT2D eigenvalue weighted by Gasteiger charge is -2.35. The molecule has 108 valence electrons. The van der Waals surface area contributed by atoms with Crippen molar-refractivity contribution >= 4 is 18.3 Å². The van der Waals surface area contributed by atoms with Gasteiger partial charge in [0.15, 0.2) is 0 Å². The van der Waals surface area contributed by atoms with Crippen LogP contribution in [0.2, 0.25) is 0 Å². The summed E-state index contributed by atoms with van der Waals surface area (Å²) in [4.78, 5) is 13.2. The first-order chi connectivity index (χ1) is 7.94. The summed E-state index contributed by atoms with van der Waals surface area (Å²) in [6, 6.07) is -0.0641. The molecule has 1 unspecified atom stereocenters. The Bertz CT molecular complexity index is 264. The van der Waals surface area contributed by atoms with Crippen molar-refractivity contribution in [3.63, 3.8) is 0 Å². The maximum atomic E-state index is 11.8. The van der Waals surface area contributed by atoms with Crippen molar-refractivity contribution in [1.82, 2.24) is 4.90 Å². The van der Waals surface area contributed by atoms with Crippen molar-refractivity contribution in [2.45, 2.75) is 31.5 Å². The number of ether oxygens (including phenoxy) is 1. The van der Waals surface area contributed by atoms with Gasteiger partial charge in [0.2, 0.25) is 5.91 Å². The van der Waals surface area contributed by atoms with E-state index in [9.17, 15) is 18.0 Å². The van der Waals surface area contributed by atoms with Gasteiger partial charge in [0.25, 0.3) is 0 Å². The average Bonchev–Trinajstić information content (AvgIpc) is 2.27. The first kappa shape index (κ1) is 17.5. The molecule has 0 aromatic carbocycles. The standard InChI is InChI=1S/C10H17F3N2O2.ClH/c11-10(12,13)7-17-6-9(16)15-4-2-1-3-8(15)5-14;/h8H,1-7,14H2;1H. The van der Waals surface area contributed by atoms with E-state index in [1.54, 1.807) is 0 Å². The van der Waals surface area contributed by atoms with E-state index >= 15 is 0 Å². The Kier molecular flexibility index (Phi) is 7.58. The first-order valence-corrected chi connectivity index (χ1v) is 5.58. The Morgan fingerprint density at radius 3 is 2.61 bits per heavy atom. The fraction of sp³-hybridized carbons (Fsp3) is 0.900. The number of hydrogen-bond donors (Lipinski definition) is 1. The van der Waals surface area contributed by atoms with Crippen LogP contribution in [0, 0.1) is 0 Å². The van der Waals surface area contributed by atoms with Crippen molar-refractivity contribution in [3.05, 3.63) is 0 Å². The minimum atomic E-state index is -4.39. The monoisotopic (exact) mass is 290 g/mol. The fourth-order valence-corrected chi connectivity index (χ4v) is 1.91. The van der Waals surface area contributed by atoms with E-state index < -0.39 is 25.3 Å². The highest BCUT2D eigenvalue weighted by atomic mass is 35.5. The molecule has 1 saturated heterocycles. The number of carbonyl (C=O) groups excluding carboxylic acids is 1. The lowest BCUT2D eigenvalue weighted by molar-refractivity contribution is -0.178. The maximum Gasteiger partial charge on any atom is 0.411 e. The van der Waals surface area contributed by atoms with Crippen molar-refractivity contribution in [2.24, 2.45) is 5.73 Å². The fourth-order valence-electron chi connectivity index (χ4n) is 1.91. The van der Waals surface area contributed by atoms with Crippen LogP contribution >= 0.6 is 12.4 Å². The normalized spacial score (nSPS) is 20.4. The Morgan fingerprint density at radius 1 is 1.39 bits per heavy atom. The van der Waals surface area contributed by atoms with Crippen LogP contribution in [0.4, 0.5) is 13.2 Å². The molecule has 1 fully saturated rings. The van der Waals surface area contributed by atoms with Gasteiger partial charge in [-0.2, -0.15) is 13.2 Å². The Hall–Kier alpha value is -0.530. The van der Waals surface area contributed by atoms with E-state index in [-0.39, 0.29) is 18.4 Å². The number of piperidine rings is 1. The molecule has 1 rings (SSSR count). The summed E-state index contributed by atoms with van der Waals surface area (Å²) in [7, 11) is 0. The Balaban J connectivity index is 0.00000289. The molecule has 0 aromatic heterocycles. The number of rotatable bonds is 4. The molecule has 18 heavy (non-hydrogen) atoms. The van der Waals surface area contributed by atoms with Gasteiger partial charge >= 0.3 is 6.18 Å². The summed E-state index contributed by atoms with van der Waals surface area (Å²) in [5.41, 5.74) is 5.51. The van der Waals surface area contributed by atoms with Crippen LogP contribution in [0.1, 0.15) is 19.3 Å². The minimum Gasteiger partial charge on any atom is -0.362 e. The zero-order valence-electron chi connectivity index (χ0n) is 9.91. The lowest BCUT2D eigenvalue weighted by Crippen LogP contribution is -2.48. The van der Waals surface area contributed by atoms with Gasteiger partial charge in [0, 0.05) is 19.1 Å². The van der Waals surface area contributed by atoms with Crippen LogP contribution in [0.3, 0.4) is 0 Å². The topological polar surface area (TPSA) is 55.6 Å². The number of hydrogen-bond acceptors (Lipinski definition) is 3. The van der Waals surface area contributed by atoms with Gasteiger partial charge in [-0.1, -0.05) is 0 Å². The number of halogens is 4. The van der Waals surface area contributed by atoms with E-state index in [1.165, 1.54) is 4.90 Å². The van der Waals surface area contributed by atoms with Crippen LogP contribution in [-0.4, -0.2) is 49.3 Å². The summed E-state index contributed by atoms with van der Waals surface area (Å²) < 4.78 is 39.8. The molecule has 1 aliphatic heterocycles. The molecule has 0 aliphatic carbocycles. The highest BCUT2D eigenvalue weighted by Crippen LogP contribution is 2.17. The van der Waals surface area contributed by atoms with Gasteiger partial charge < -0.3 is 15.4 Å². The average molecular weight is 291 g/mol. The van der Waals surface area contributed by atoms with Crippen LogP contribution in [0.5, 0.6) is 0 Å². The summed E-state index contributed by atoms with van der Waals surface area (Å²) in [6.07, 6.45) is -1.73. The largest absolute Gasteiger partial charge is 0.411 e. The van der Waals surface area contributed by atoms with Gasteiger partial charge in [-0.15, -0.1) is 12.4 Å². The van der Waals surface area contributed by atoms with Crippen molar-refractivity contribution in [2.75, 3.05) is 26.3 Å². The number of amides is 1.